The van der Waals surface area contributed by atoms with Crippen LogP contribution in [0, 0.1) is 4.61 Å². The summed E-state index contributed by atoms with van der Waals surface area (Å²) in [6.45, 7) is 0. The Morgan fingerprint density at radius 3 is 2.20 bits per heavy atom. The van der Waals surface area contributed by atoms with Crippen LogP contribution in [0.5, 0.6) is 0 Å². The van der Waals surface area contributed by atoms with Crippen LogP contribution >= 0.6 is 21.2 Å². The molecule has 0 aromatic rings. The summed E-state index contributed by atoms with van der Waals surface area (Å²) in [6, 6.07) is -0.624. The van der Waals surface area contributed by atoms with Crippen molar-refractivity contribution in [1.82, 2.24) is 0 Å². The molecule has 0 unspecified atom stereocenters. The van der Waals surface area contributed by atoms with Gasteiger partial charge in [-0.3, -0.25) is 4.39 Å². The minimum Gasteiger partial charge on any atom is -0.419 e. The minimum absolute atomic E-state index is 0.624. The summed E-state index contributed by atoms with van der Waals surface area (Å²) in [4.78, 5) is 0. The molecule has 5 heavy (non-hydrogen) atoms. The van der Waals surface area contributed by atoms with Gasteiger partial charge in [-0.2, -0.15) is 0 Å². The summed E-state index contributed by atoms with van der Waals surface area (Å²) >= 11 is 1.61. The molecular formula is CH2FINS-. The number of halogens is 2. The quantitative estimate of drug-likeness (QED) is 0.433. The van der Waals surface area contributed by atoms with Crippen LogP contribution in [0.2, 0.25) is 0 Å². The lowest BCUT2D eigenvalue weighted by atomic mass is 11.8. The van der Waals surface area contributed by atoms with E-state index in [0.717, 1.165) is 0 Å². The van der Waals surface area contributed by atoms with Crippen LogP contribution in [0.4, 0.5) is 4.39 Å². The fraction of sp³-hybridized carbons (Fsp3) is 1.00. The number of alkyl halides is 1. The molecule has 0 aliphatic carbocycles. The highest BCUT2D eigenvalue weighted by Crippen LogP contribution is 1.89. The zero-order valence-electron chi connectivity index (χ0n) is 2.32. The van der Waals surface area contributed by atoms with E-state index in [1.807, 2.05) is 0 Å². The SMILES string of the molecule is N#[S-](I)CF. The topological polar surface area (TPSA) is 23.8 Å². The first-order valence-corrected chi connectivity index (χ1v) is 4.79. The Kier molecular flexibility index (Phi) is 3.35. The lowest BCUT2D eigenvalue weighted by molar-refractivity contribution is 0.606. The second-order valence-corrected chi connectivity index (χ2v) is 4.30. The predicted octanol–water partition coefficient (Wildman–Crippen LogP) is 1.36. The molecule has 0 saturated carbocycles. The molecule has 0 aromatic heterocycles. The van der Waals surface area contributed by atoms with Gasteiger partial charge in [-0.25, -0.2) is 28.9 Å². The molecule has 0 heterocycles. The van der Waals surface area contributed by atoms with Crippen LogP contribution < -0.4 is 0 Å². The standard InChI is InChI=1S/CH2FINS/c2-1-5(3)4/h1H2/q-1. The van der Waals surface area contributed by atoms with Gasteiger partial charge in [0.05, 0.1) is 0 Å². The van der Waals surface area contributed by atoms with Crippen molar-refractivity contribution in [3.63, 3.8) is 0 Å². The second kappa shape index (κ2) is 2.93. The van der Waals surface area contributed by atoms with Crippen molar-refractivity contribution in [1.29, 1.82) is 4.61 Å². The van der Waals surface area contributed by atoms with Crippen LogP contribution in [0.15, 0.2) is 0 Å². The Labute approximate surface area is 44.1 Å². The summed E-state index contributed by atoms with van der Waals surface area (Å²) in [5, 5.41) is 0. The molecule has 0 N–H and O–H groups in total. The molecule has 0 spiro atoms. The summed E-state index contributed by atoms with van der Waals surface area (Å²) in [5.41, 5.74) is 0. The van der Waals surface area contributed by atoms with Crippen molar-refractivity contribution in [2.75, 3.05) is 6.01 Å². The van der Waals surface area contributed by atoms with E-state index < -0.39 is 13.7 Å². The number of hydrogen-bond acceptors (Lipinski definition) is 2. The molecule has 1 nitrogen and oxygen atoms in total. The Bertz CT molecular complexity index is 73.5. The third-order valence-electron chi connectivity index (χ3n) is 0.0900. The van der Waals surface area contributed by atoms with Gasteiger partial charge in [0.25, 0.3) is 0 Å². The lowest BCUT2D eigenvalue weighted by Gasteiger charge is -1.85. The van der Waals surface area contributed by atoms with E-state index in [9.17, 15) is 4.39 Å². The normalized spacial score (nSPS) is 9.20. The van der Waals surface area contributed by atoms with Crippen molar-refractivity contribution in [2.24, 2.45) is 0 Å². The smallest absolute Gasteiger partial charge is 0.0412 e. The Morgan fingerprint density at radius 1 is 2.00 bits per heavy atom. The number of nitrogens with zero attached hydrogens (tertiary/aromatic N) is 1. The summed E-state index contributed by atoms with van der Waals surface area (Å²) in [6.07, 6.45) is 0. The molecule has 0 amide bonds. The van der Waals surface area contributed by atoms with Crippen LogP contribution in [0.25, 0.3) is 0 Å². The van der Waals surface area contributed by atoms with Gasteiger partial charge in [0.2, 0.25) is 0 Å². The molecular weight excluding hydrogens is 204 g/mol. The molecule has 0 aliphatic rings. The molecule has 0 fully saturated rings. The highest BCUT2D eigenvalue weighted by molar-refractivity contribution is 14.2. The number of rotatable bonds is 0. The maximum Gasteiger partial charge on any atom is 0.0412 e. The number of hydrogen-bond donors (Lipinski definition) is 0. The maximum absolute atomic E-state index is 10.9. The van der Waals surface area contributed by atoms with Crippen LogP contribution in [-0.4, -0.2) is 6.01 Å². The Balaban J connectivity index is 2.97. The van der Waals surface area contributed by atoms with E-state index in [4.69, 9.17) is 4.61 Å². The largest absolute Gasteiger partial charge is 0.419 e. The molecule has 32 valence electrons. The van der Waals surface area contributed by atoms with Crippen molar-refractivity contribution < 1.29 is 4.39 Å². The molecule has 0 rings (SSSR count). The van der Waals surface area contributed by atoms with E-state index in [0.29, 0.717) is 0 Å². The zero-order valence-corrected chi connectivity index (χ0v) is 5.29. The predicted molar refractivity (Wildman–Crippen MR) is 29.1 cm³/mol. The first-order valence-electron chi connectivity index (χ1n) is 0.893. The van der Waals surface area contributed by atoms with Gasteiger partial charge in [-0.15, -0.1) is 0 Å². The van der Waals surface area contributed by atoms with Crippen molar-refractivity contribution in [3.8, 4) is 0 Å². The first-order chi connectivity index (χ1) is 2.27. The van der Waals surface area contributed by atoms with Crippen LogP contribution in [-0.2, 0) is 7.70 Å². The second-order valence-electron chi connectivity index (χ2n) is 0.416. The molecule has 0 aromatic carbocycles. The minimum atomic E-state index is -1.02. The third-order valence-corrected chi connectivity index (χ3v) is 0.976. The van der Waals surface area contributed by atoms with E-state index in [1.165, 1.54) is 0 Å². The van der Waals surface area contributed by atoms with Gasteiger partial charge in [0.1, 0.15) is 0 Å². The zero-order chi connectivity index (χ0) is 4.28. The summed E-state index contributed by atoms with van der Waals surface area (Å²) in [7, 11) is -1.02. The molecule has 0 saturated heterocycles. The first kappa shape index (κ1) is 5.72. The van der Waals surface area contributed by atoms with Crippen molar-refractivity contribution in [2.45, 2.75) is 0 Å². The van der Waals surface area contributed by atoms with Gasteiger partial charge in [-0.1, -0.05) is 0 Å². The van der Waals surface area contributed by atoms with Crippen LogP contribution in [0.1, 0.15) is 0 Å². The average molecular weight is 206 g/mol. The van der Waals surface area contributed by atoms with E-state index in [1.54, 1.807) is 21.2 Å². The average Bonchev–Trinajstić information content (AvgIpc) is 1.38. The van der Waals surface area contributed by atoms with Gasteiger partial charge >= 0.3 is 0 Å². The summed E-state index contributed by atoms with van der Waals surface area (Å²) in [5.74, 6) is 0. The highest BCUT2D eigenvalue weighted by atomic mass is 127. The highest BCUT2D eigenvalue weighted by Gasteiger charge is 1.55. The molecule has 4 heteroatoms. The van der Waals surface area contributed by atoms with Gasteiger partial charge in [-0.05, 0) is 0 Å². The molecule has 0 bridgehead atoms. The van der Waals surface area contributed by atoms with Gasteiger partial charge in [0, 0.05) is 6.01 Å². The molecule has 0 aliphatic heterocycles. The molecule has 0 atom stereocenters. The monoisotopic (exact) mass is 206 g/mol. The van der Waals surface area contributed by atoms with E-state index in [-0.39, 0.29) is 0 Å². The fourth-order valence-electron chi connectivity index (χ4n) is 0. The van der Waals surface area contributed by atoms with E-state index >= 15 is 0 Å². The molecule has 0 radical (unpaired) electrons. The Morgan fingerprint density at radius 2 is 2.20 bits per heavy atom. The van der Waals surface area contributed by atoms with Crippen molar-refractivity contribution >= 4 is 28.9 Å². The van der Waals surface area contributed by atoms with E-state index in [2.05, 4.69) is 0 Å². The lowest BCUT2D eigenvalue weighted by Crippen LogP contribution is -1.64. The summed E-state index contributed by atoms with van der Waals surface area (Å²) < 4.78 is 18.9. The van der Waals surface area contributed by atoms with Crippen molar-refractivity contribution in [3.05, 3.63) is 0 Å². The fourth-order valence-corrected chi connectivity index (χ4v) is 0. The van der Waals surface area contributed by atoms with Gasteiger partial charge in [0.15, 0.2) is 0 Å². The van der Waals surface area contributed by atoms with Crippen LogP contribution in [0.3, 0.4) is 0 Å². The van der Waals surface area contributed by atoms with Gasteiger partial charge < -0.3 is 4.61 Å². The third kappa shape index (κ3) is 4.72. The Hall–Kier alpha value is 0.720. The maximum atomic E-state index is 10.9.